The average molecular weight is 336 g/mol. The number of carbonyl (C=O) groups is 2. The minimum atomic E-state index is -3.99. The van der Waals surface area contributed by atoms with Gasteiger partial charge in [-0.2, -0.15) is 0 Å². The highest BCUT2D eigenvalue weighted by Crippen LogP contribution is 2.04. The number of halogens is 1. The first-order valence-electron chi connectivity index (χ1n) is 5.79. The Morgan fingerprint density at radius 1 is 1.29 bits per heavy atom. The van der Waals surface area contributed by atoms with Gasteiger partial charge in [-0.3, -0.25) is 0 Å². The molecule has 0 unspecified atom stereocenters. The van der Waals surface area contributed by atoms with E-state index in [0.717, 1.165) is 12.7 Å². The Bertz CT molecular complexity index is 589. The Morgan fingerprint density at radius 2 is 1.90 bits per heavy atom. The Hall–Kier alpha value is -1.80. The summed E-state index contributed by atoms with van der Waals surface area (Å²) >= 11 is 0. The lowest BCUT2D eigenvalue weighted by molar-refractivity contribution is -0.142. The first-order valence-corrected chi connectivity index (χ1v) is 8.27. The molecular formula is C12H14ClNO6S. The number of hydrogen-bond donors (Lipinski definition) is 1. The van der Waals surface area contributed by atoms with Crippen molar-refractivity contribution in [3.05, 3.63) is 35.9 Å². The van der Waals surface area contributed by atoms with E-state index in [1.54, 1.807) is 24.3 Å². The largest absolute Gasteiger partial charge is 0.467 e. The van der Waals surface area contributed by atoms with E-state index >= 15 is 0 Å². The highest BCUT2D eigenvalue weighted by atomic mass is 35.7. The molecule has 0 fully saturated rings. The Kier molecular flexibility index (Phi) is 6.44. The molecule has 1 N–H and O–H groups in total. The maximum atomic E-state index is 11.6. The van der Waals surface area contributed by atoms with Crippen molar-refractivity contribution in [3.8, 4) is 0 Å². The van der Waals surface area contributed by atoms with Crippen LogP contribution < -0.4 is 5.32 Å². The van der Waals surface area contributed by atoms with Gasteiger partial charge in [0.05, 0.1) is 12.9 Å². The fraction of sp³-hybridized carbons (Fsp3) is 0.333. The van der Waals surface area contributed by atoms with Crippen molar-refractivity contribution >= 4 is 31.8 Å². The Morgan fingerprint density at radius 3 is 2.43 bits per heavy atom. The second-order valence-corrected chi connectivity index (χ2v) is 6.81. The van der Waals surface area contributed by atoms with Crippen molar-refractivity contribution < 1.29 is 27.5 Å². The summed E-state index contributed by atoms with van der Waals surface area (Å²) in [5, 5.41) is 2.10. The van der Waals surface area contributed by atoms with Gasteiger partial charge < -0.3 is 14.8 Å². The van der Waals surface area contributed by atoms with Gasteiger partial charge in [0.25, 0.3) is 0 Å². The van der Waals surface area contributed by atoms with Crippen molar-refractivity contribution in [1.29, 1.82) is 0 Å². The molecule has 9 heteroatoms. The van der Waals surface area contributed by atoms with Gasteiger partial charge in [0, 0.05) is 10.7 Å². The number of amides is 1. The van der Waals surface area contributed by atoms with Crippen LogP contribution in [0.1, 0.15) is 5.56 Å². The van der Waals surface area contributed by atoms with Crippen LogP contribution in [-0.2, 0) is 29.9 Å². The molecule has 1 aromatic carbocycles. The number of nitrogens with one attached hydrogen (secondary N) is 1. The van der Waals surface area contributed by atoms with Crippen LogP contribution in [0.3, 0.4) is 0 Å². The number of hydrogen-bond acceptors (Lipinski definition) is 6. The smallest absolute Gasteiger partial charge is 0.408 e. The fourth-order valence-electron chi connectivity index (χ4n) is 1.42. The summed E-state index contributed by atoms with van der Waals surface area (Å²) in [5.74, 6) is -1.72. The van der Waals surface area contributed by atoms with E-state index in [9.17, 15) is 18.0 Å². The van der Waals surface area contributed by atoms with Crippen molar-refractivity contribution in [2.24, 2.45) is 0 Å². The Balaban J connectivity index is 2.58. The molecule has 0 radical (unpaired) electrons. The summed E-state index contributed by atoms with van der Waals surface area (Å²) in [4.78, 5) is 22.9. The summed E-state index contributed by atoms with van der Waals surface area (Å²) < 4.78 is 31.2. The highest BCUT2D eigenvalue weighted by molar-refractivity contribution is 8.13. The number of alkyl carbamates (subject to hydrolysis) is 1. The fourth-order valence-corrected chi connectivity index (χ4v) is 2.41. The van der Waals surface area contributed by atoms with Crippen molar-refractivity contribution in [3.63, 3.8) is 0 Å². The zero-order valence-corrected chi connectivity index (χ0v) is 12.7. The molecule has 0 spiro atoms. The molecule has 116 valence electrons. The molecule has 0 heterocycles. The van der Waals surface area contributed by atoms with Crippen LogP contribution in [0.2, 0.25) is 0 Å². The van der Waals surface area contributed by atoms with Crippen LogP contribution in [0.25, 0.3) is 0 Å². The summed E-state index contributed by atoms with van der Waals surface area (Å²) in [6.45, 7) is -0.0197. The standard InChI is InChI=1S/C12H14ClNO6S/c1-19-11(15)10(8-21(13,17)18)14-12(16)20-7-9-5-3-2-4-6-9/h2-6,10H,7-8H2,1H3,(H,14,16)/t10-/m0/s1. The molecule has 1 aromatic rings. The lowest BCUT2D eigenvalue weighted by Crippen LogP contribution is -2.45. The predicted octanol–water partition coefficient (Wildman–Crippen LogP) is 1.02. The third-order valence-corrected chi connectivity index (χ3v) is 3.47. The van der Waals surface area contributed by atoms with Crippen molar-refractivity contribution in [2.75, 3.05) is 12.9 Å². The van der Waals surface area contributed by atoms with E-state index in [0.29, 0.717) is 0 Å². The first kappa shape index (κ1) is 17.3. The van der Waals surface area contributed by atoms with E-state index in [1.165, 1.54) is 0 Å². The number of methoxy groups -OCH3 is 1. The zero-order valence-electron chi connectivity index (χ0n) is 11.1. The van der Waals surface area contributed by atoms with Gasteiger partial charge in [-0.15, -0.1) is 0 Å². The highest BCUT2D eigenvalue weighted by Gasteiger charge is 2.27. The summed E-state index contributed by atoms with van der Waals surface area (Å²) in [6, 6.07) is 7.41. The quantitative estimate of drug-likeness (QED) is 0.615. The van der Waals surface area contributed by atoms with Crippen LogP contribution in [0, 0.1) is 0 Å². The van der Waals surface area contributed by atoms with Gasteiger partial charge in [-0.1, -0.05) is 30.3 Å². The first-order chi connectivity index (χ1) is 9.81. The van der Waals surface area contributed by atoms with Gasteiger partial charge in [0.2, 0.25) is 9.05 Å². The second-order valence-electron chi connectivity index (χ2n) is 3.99. The van der Waals surface area contributed by atoms with E-state index in [4.69, 9.17) is 15.4 Å². The maximum Gasteiger partial charge on any atom is 0.408 e. The summed E-state index contributed by atoms with van der Waals surface area (Å²) in [6.07, 6.45) is -0.949. The number of ether oxygens (including phenoxy) is 2. The molecule has 0 saturated carbocycles. The molecule has 7 nitrogen and oxygen atoms in total. The molecular weight excluding hydrogens is 322 g/mol. The average Bonchev–Trinajstić information content (AvgIpc) is 2.43. The zero-order chi connectivity index (χ0) is 15.9. The lowest BCUT2D eigenvalue weighted by atomic mass is 10.2. The minimum Gasteiger partial charge on any atom is -0.467 e. The second kappa shape index (κ2) is 7.84. The van der Waals surface area contributed by atoms with Gasteiger partial charge in [0.1, 0.15) is 12.6 Å². The topological polar surface area (TPSA) is 98.8 Å². The van der Waals surface area contributed by atoms with Crippen molar-refractivity contribution in [1.82, 2.24) is 5.32 Å². The molecule has 0 aliphatic heterocycles. The minimum absolute atomic E-state index is 0.0197. The molecule has 1 atom stereocenters. The molecule has 21 heavy (non-hydrogen) atoms. The van der Waals surface area contributed by atoms with E-state index in [1.807, 2.05) is 6.07 Å². The molecule has 0 saturated heterocycles. The normalized spacial score (nSPS) is 12.3. The van der Waals surface area contributed by atoms with Gasteiger partial charge >= 0.3 is 12.1 Å². The third kappa shape index (κ3) is 6.96. The number of esters is 1. The van der Waals surface area contributed by atoms with Gasteiger partial charge in [0.15, 0.2) is 0 Å². The van der Waals surface area contributed by atoms with Crippen molar-refractivity contribution in [2.45, 2.75) is 12.6 Å². The SMILES string of the molecule is COC(=O)[C@H](CS(=O)(=O)Cl)NC(=O)OCc1ccccc1. The molecule has 1 amide bonds. The molecule has 0 aliphatic rings. The monoisotopic (exact) mass is 335 g/mol. The van der Waals surface area contributed by atoms with Gasteiger partial charge in [-0.25, -0.2) is 18.0 Å². The van der Waals surface area contributed by atoms with Crippen LogP contribution in [-0.4, -0.2) is 39.4 Å². The van der Waals surface area contributed by atoms with E-state index in [2.05, 4.69) is 10.1 Å². The Labute approximate surface area is 126 Å². The number of benzene rings is 1. The van der Waals surface area contributed by atoms with Crippen LogP contribution in [0.15, 0.2) is 30.3 Å². The summed E-state index contributed by atoms with van der Waals surface area (Å²) in [7, 11) is 2.13. The van der Waals surface area contributed by atoms with E-state index < -0.39 is 32.9 Å². The third-order valence-electron chi connectivity index (χ3n) is 2.36. The molecule has 1 rings (SSSR count). The number of carbonyl (C=O) groups excluding carboxylic acids is 2. The van der Waals surface area contributed by atoms with Crippen LogP contribution in [0.5, 0.6) is 0 Å². The molecule has 0 aliphatic carbocycles. The van der Waals surface area contributed by atoms with E-state index in [-0.39, 0.29) is 6.61 Å². The van der Waals surface area contributed by atoms with Gasteiger partial charge in [-0.05, 0) is 5.56 Å². The number of rotatable bonds is 6. The predicted molar refractivity (Wildman–Crippen MR) is 75.2 cm³/mol. The van der Waals surface area contributed by atoms with Crippen LogP contribution in [0.4, 0.5) is 4.79 Å². The maximum absolute atomic E-state index is 11.6. The summed E-state index contributed by atoms with van der Waals surface area (Å²) in [5.41, 5.74) is 0.743. The molecule has 0 aromatic heterocycles. The lowest BCUT2D eigenvalue weighted by Gasteiger charge is -2.14. The van der Waals surface area contributed by atoms with Crippen LogP contribution >= 0.6 is 10.7 Å². The molecule has 0 bridgehead atoms.